The second-order valence-corrected chi connectivity index (χ2v) is 6.00. The lowest BCUT2D eigenvalue weighted by Crippen LogP contribution is -2.33. The van der Waals surface area contributed by atoms with E-state index in [1.54, 1.807) is 13.0 Å². The molecule has 0 aromatic carbocycles. The van der Waals surface area contributed by atoms with Gasteiger partial charge in [-0.15, -0.1) is 0 Å². The van der Waals surface area contributed by atoms with Gasteiger partial charge < -0.3 is 0 Å². The minimum Gasteiger partial charge on any atom is -0.268 e. The first-order valence-corrected chi connectivity index (χ1v) is 7.06. The highest BCUT2D eigenvalue weighted by Crippen LogP contribution is 2.23. The molecule has 1 aromatic heterocycles. The molecule has 0 saturated heterocycles. The van der Waals surface area contributed by atoms with Crippen LogP contribution in [0.1, 0.15) is 19.4 Å². The molecular formula is C10H16ClN3O2S. The zero-order valence-electron chi connectivity index (χ0n) is 9.99. The summed E-state index contributed by atoms with van der Waals surface area (Å²) < 4.78 is 28.2. The van der Waals surface area contributed by atoms with Gasteiger partial charge in [-0.05, 0) is 24.5 Å². The summed E-state index contributed by atoms with van der Waals surface area (Å²) >= 11 is 5.83. The molecule has 1 aromatic rings. The molecule has 0 saturated carbocycles. The predicted octanol–water partition coefficient (Wildman–Crippen LogP) is 1.95. The maximum Gasteiger partial charge on any atom is 0.299 e. The summed E-state index contributed by atoms with van der Waals surface area (Å²) in [6.45, 7) is 5.97. The van der Waals surface area contributed by atoms with Crippen LogP contribution in [0.3, 0.4) is 0 Å². The summed E-state index contributed by atoms with van der Waals surface area (Å²) in [6, 6.07) is 1.69. The normalized spacial score (nSPS) is 11.8. The summed E-state index contributed by atoms with van der Waals surface area (Å²) in [4.78, 5) is 3.83. The van der Waals surface area contributed by atoms with Crippen molar-refractivity contribution in [2.75, 3.05) is 11.3 Å². The predicted molar refractivity (Wildman–Crippen MR) is 69.4 cm³/mol. The number of aryl methyl sites for hydroxylation is 1. The van der Waals surface area contributed by atoms with Gasteiger partial charge in [-0.2, -0.15) is 13.1 Å². The summed E-state index contributed by atoms with van der Waals surface area (Å²) in [5, 5.41) is 0.139. The van der Waals surface area contributed by atoms with E-state index >= 15 is 0 Å². The Labute approximate surface area is 107 Å². The van der Waals surface area contributed by atoms with Gasteiger partial charge in [-0.3, -0.25) is 4.72 Å². The molecule has 1 heterocycles. The van der Waals surface area contributed by atoms with E-state index in [2.05, 4.69) is 14.4 Å². The van der Waals surface area contributed by atoms with E-state index in [4.69, 9.17) is 11.6 Å². The Morgan fingerprint density at radius 3 is 2.65 bits per heavy atom. The first-order chi connectivity index (χ1) is 7.82. The molecule has 1 rings (SSSR count). The Kier molecular flexibility index (Phi) is 4.73. The molecule has 17 heavy (non-hydrogen) atoms. The first-order valence-electron chi connectivity index (χ1n) is 5.20. The maximum absolute atomic E-state index is 11.7. The van der Waals surface area contributed by atoms with Crippen molar-refractivity contribution in [3.63, 3.8) is 0 Å². The molecule has 0 amide bonds. The van der Waals surface area contributed by atoms with Crippen molar-refractivity contribution in [1.29, 1.82) is 0 Å². The average molecular weight is 278 g/mol. The zero-order valence-corrected chi connectivity index (χ0v) is 11.6. The SMILES string of the molecule is Cc1ccnc(Cl)c1NS(=O)(=O)NCC(C)C. The highest BCUT2D eigenvalue weighted by Gasteiger charge is 2.14. The number of anilines is 1. The van der Waals surface area contributed by atoms with Gasteiger partial charge >= 0.3 is 0 Å². The van der Waals surface area contributed by atoms with Crippen LogP contribution in [0.15, 0.2) is 12.3 Å². The Morgan fingerprint density at radius 2 is 2.12 bits per heavy atom. The van der Waals surface area contributed by atoms with Gasteiger partial charge in [0.25, 0.3) is 10.2 Å². The van der Waals surface area contributed by atoms with Crippen LogP contribution in [0.25, 0.3) is 0 Å². The quantitative estimate of drug-likeness (QED) is 0.808. The van der Waals surface area contributed by atoms with Crippen LogP contribution in [0.2, 0.25) is 5.15 Å². The average Bonchev–Trinajstić information content (AvgIpc) is 2.21. The second kappa shape index (κ2) is 5.66. The van der Waals surface area contributed by atoms with Crippen LogP contribution in [0.5, 0.6) is 0 Å². The van der Waals surface area contributed by atoms with E-state index in [-0.39, 0.29) is 11.1 Å². The zero-order chi connectivity index (χ0) is 13.1. The molecule has 0 aliphatic carbocycles. The molecule has 7 heteroatoms. The summed E-state index contributed by atoms with van der Waals surface area (Å²) in [6.07, 6.45) is 1.52. The van der Waals surface area contributed by atoms with Gasteiger partial charge in [0, 0.05) is 12.7 Å². The molecule has 5 nitrogen and oxygen atoms in total. The highest BCUT2D eigenvalue weighted by molar-refractivity contribution is 7.90. The van der Waals surface area contributed by atoms with Crippen molar-refractivity contribution in [3.8, 4) is 0 Å². The molecule has 2 N–H and O–H groups in total. The van der Waals surface area contributed by atoms with E-state index < -0.39 is 10.2 Å². The van der Waals surface area contributed by atoms with Crippen LogP contribution in [0, 0.1) is 12.8 Å². The first kappa shape index (κ1) is 14.2. The minimum atomic E-state index is -3.60. The number of halogens is 1. The molecule has 0 bridgehead atoms. The molecule has 0 aliphatic heterocycles. The Hall–Kier alpha value is -0.850. The van der Waals surface area contributed by atoms with Crippen molar-refractivity contribution in [1.82, 2.24) is 9.71 Å². The van der Waals surface area contributed by atoms with Crippen LogP contribution in [-0.2, 0) is 10.2 Å². The standard InChI is InChI=1S/C10H16ClN3O2S/c1-7(2)6-13-17(15,16)14-9-8(3)4-5-12-10(9)11/h4-5,7,13-14H,6H2,1-3H3. The fraction of sp³-hybridized carbons (Fsp3) is 0.500. The number of pyridine rings is 1. The van der Waals surface area contributed by atoms with Gasteiger partial charge in [0.2, 0.25) is 0 Å². The molecule has 0 spiro atoms. The van der Waals surface area contributed by atoms with E-state index in [0.29, 0.717) is 12.2 Å². The number of nitrogens with zero attached hydrogens (tertiary/aromatic N) is 1. The smallest absolute Gasteiger partial charge is 0.268 e. The number of hydrogen-bond acceptors (Lipinski definition) is 3. The third-order valence-corrected chi connectivity index (χ3v) is 3.34. The van der Waals surface area contributed by atoms with Gasteiger partial charge in [-0.1, -0.05) is 25.4 Å². The van der Waals surface area contributed by atoms with Gasteiger partial charge in [0.15, 0.2) is 5.15 Å². The minimum absolute atomic E-state index is 0.139. The topological polar surface area (TPSA) is 71.1 Å². The number of rotatable bonds is 5. The molecule has 0 radical (unpaired) electrons. The largest absolute Gasteiger partial charge is 0.299 e. The van der Waals surface area contributed by atoms with Crippen LogP contribution < -0.4 is 9.44 Å². The van der Waals surface area contributed by atoms with Gasteiger partial charge in [0.05, 0.1) is 5.69 Å². The summed E-state index contributed by atoms with van der Waals surface area (Å²) in [5.74, 6) is 0.233. The lowest BCUT2D eigenvalue weighted by Gasteiger charge is -2.13. The Bertz CT molecular complexity index is 468. The van der Waals surface area contributed by atoms with Crippen LogP contribution in [-0.4, -0.2) is 19.9 Å². The number of hydrogen-bond donors (Lipinski definition) is 2. The van der Waals surface area contributed by atoms with E-state index in [1.807, 2.05) is 13.8 Å². The molecular weight excluding hydrogens is 262 g/mol. The van der Waals surface area contributed by atoms with Crippen molar-refractivity contribution in [2.24, 2.45) is 5.92 Å². The van der Waals surface area contributed by atoms with E-state index in [0.717, 1.165) is 5.56 Å². The van der Waals surface area contributed by atoms with Crippen LogP contribution >= 0.6 is 11.6 Å². The third kappa shape index (κ3) is 4.49. The summed E-state index contributed by atoms with van der Waals surface area (Å²) in [7, 11) is -3.60. The Morgan fingerprint density at radius 1 is 1.47 bits per heavy atom. The van der Waals surface area contributed by atoms with Crippen LogP contribution in [0.4, 0.5) is 5.69 Å². The fourth-order valence-corrected chi connectivity index (χ4v) is 2.55. The molecule has 96 valence electrons. The van der Waals surface area contributed by atoms with Crippen molar-refractivity contribution in [3.05, 3.63) is 23.0 Å². The summed E-state index contributed by atoms with van der Waals surface area (Å²) in [5.41, 5.74) is 1.03. The lowest BCUT2D eigenvalue weighted by molar-refractivity contribution is 0.565. The molecule has 0 atom stereocenters. The molecule has 0 unspecified atom stereocenters. The van der Waals surface area contributed by atoms with E-state index in [1.165, 1.54) is 6.20 Å². The number of aromatic nitrogens is 1. The van der Waals surface area contributed by atoms with Crippen molar-refractivity contribution >= 4 is 27.5 Å². The van der Waals surface area contributed by atoms with E-state index in [9.17, 15) is 8.42 Å². The highest BCUT2D eigenvalue weighted by atomic mass is 35.5. The lowest BCUT2D eigenvalue weighted by atomic mass is 10.2. The number of nitrogens with one attached hydrogen (secondary N) is 2. The third-order valence-electron chi connectivity index (χ3n) is 2.03. The fourth-order valence-electron chi connectivity index (χ4n) is 1.09. The molecule has 0 aliphatic rings. The van der Waals surface area contributed by atoms with Crippen molar-refractivity contribution < 1.29 is 8.42 Å². The van der Waals surface area contributed by atoms with Gasteiger partial charge in [-0.25, -0.2) is 4.98 Å². The molecule has 0 fully saturated rings. The Balaban J connectivity index is 2.83. The van der Waals surface area contributed by atoms with Crippen molar-refractivity contribution in [2.45, 2.75) is 20.8 Å². The monoisotopic (exact) mass is 277 g/mol. The second-order valence-electron chi connectivity index (χ2n) is 4.14. The van der Waals surface area contributed by atoms with Gasteiger partial charge in [0.1, 0.15) is 0 Å². The maximum atomic E-state index is 11.7.